The van der Waals surface area contributed by atoms with Crippen LogP contribution in [0.2, 0.25) is 0 Å². The molecule has 0 aliphatic carbocycles. The molecule has 19 heavy (non-hydrogen) atoms. The van der Waals surface area contributed by atoms with Gasteiger partial charge in [-0.2, -0.15) is 0 Å². The lowest BCUT2D eigenvalue weighted by Crippen LogP contribution is -2.17. The summed E-state index contributed by atoms with van der Waals surface area (Å²) in [6.07, 6.45) is 0. The van der Waals surface area contributed by atoms with Gasteiger partial charge in [-0.15, -0.1) is 0 Å². The van der Waals surface area contributed by atoms with Gasteiger partial charge in [0, 0.05) is 11.3 Å². The smallest absolute Gasteiger partial charge is 0.164 e. The van der Waals surface area contributed by atoms with Crippen LogP contribution in [0.1, 0.15) is 11.6 Å². The third-order valence-electron chi connectivity index (χ3n) is 2.70. The van der Waals surface area contributed by atoms with E-state index in [1.807, 2.05) is 0 Å². The first-order valence-corrected chi connectivity index (χ1v) is 5.68. The number of hydrogen-bond acceptors (Lipinski definition) is 2. The standard InChI is InChI=1S/C14H12F3NO/c15-9-3-1-4-10(7-9)18-13(8-19)11-5-2-6-12(16)14(11)17/h1-7,13,18-19H,8H2. The minimum atomic E-state index is -1.02. The molecule has 0 aromatic heterocycles. The maximum atomic E-state index is 13.6. The number of benzene rings is 2. The maximum Gasteiger partial charge on any atom is 0.164 e. The Balaban J connectivity index is 2.28. The molecule has 2 aromatic rings. The number of hydrogen-bond donors (Lipinski definition) is 2. The molecule has 0 amide bonds. The third-order valence-corrected chi connectivity index (χ3v) is 2.70. The first-order chi connectivity index (χ1) is 9.11. The van der Waals surface area contributed by atoms with Crippen molar-refractivity contribution in [3.8, 4) is 0 Å². The molecule has 0 saturated carbocycles. The van der Waals surface area contributed by atoms with E-state index in [1.54, 1.807) is 6.07 Å². The Labute approximate surface area is 108 Å². The van der Waals surface area contributed by atoms with Gasteiger partial charge in [-0.3, -0.25) is 0 Å². The minimum absolute atomic E-state index is 0.00763. The summed E-state index contributed by atoms with van der Waals surface area (Å²) in [4.78, 5) is 0. The quantitative estimate of drug-likeness (QED) is 0.891. The van der Waals surface area contributed by atoms with E-state index in [0.29, 0.717) is 5.69 Å². The van der Waals surface area contributed by atoms with E-state index in [4.69, 9.17) is 0 Å². The van der Waals surface area contributed by atoms with Crippen LogP contribution in [0.15, 0.2) is 42.5 Å². The molecule has 5 heteroatoms. The number of aliphatic hydroxyl groups excluding tert-OH is 1. The normalized spacial score (nSPS) is 12.2. The lowest BCUT2D eigenvalue weighted by molar-refractivity contribution is 0.273. The highest BCUT2D eigenvalue weighted by atomic mass is 19.2. The highest BCUT2D eigenvalue weighted by Gasteiger charge is 2.17. The van der Waals surface area contributed by atoms with Crippen LogP contribution in [0, 0.1) is 17.5 Å². The third kappa shape index (κ3) is 3.06. The van der Waals surface area contributed by atoms with Gasteiger partial charge in [0.05, 0.1) is 12.6 Å². The molecule has 2 aromatic carbocycles. The molecule has 0 bridgehead atoms. The summed E-state index contributed by atoms with van der Waals surface area (Å²) >= 11 is 0. The van der Waals surface area contributed by atoms with E-state index in [1.165, 1.54) is 30.3 Å². The number of nitrogens with one attached hydrogen (secondary N) is 1. The second-order valence-electron chi connectivity index (χ2n) is 4.03. The number of aliphatic hydroxyl groups is 1. The minimum Gasteiger partial charge on any atom is -0.394 e. The molecule has 1 atom stereocenters. The second kappa shape index (κ2) is 5.75. The predicted molar refractivity (Wildman–Crippen MR) is 66.2 cm³/mol. The fraction of sp³-hybridized carbons (Fsp3) is 0.143. The van der Waals surface area contributed by atoms with Crippen LogP contribution in [0.3, 0.4) is 0 Å². The molecule has 2 N–H and O–H groups in total. The van der Waals surface area contributed by atoms with Crippen LogP contribution >= 0.6 is 0 Å². The summed E-state index contributed by atoms with van der Waals surface area (Å²) in [6.45, 7) is -0.448. The summed E-state index contributed by atoms with van der Waals surface area (Å²) in [5, 5.41) is 12.0. The van der Waals surface area contributed by atoms with Gasteiger partial charge >= 0.3 is 0 Å². The molecule has 0 heterocycles. The van der Waals surface area contributed by atoms with Gasteiger partial charge in [0.15, 0.2) is 11.6 Å². The molecule has 0 radical (unpaired) electrons. The van der Waals surface area contributed by atoms with E-state index in [2.05, 4.69) is 5.32 Å². The fourth-order valence-corrected chi connectivity index (χ4v) is 1.79. The molecule has 2 rings (SSSR count). The van der Waals surface area contributed by atoms with Gasteiger partial charge in [-0.25, -0.2) is 13.2 Å². The summed E-state index contributed by atoms with van der Waals surface area (Å²) in [5.74, 6) is -2.47. The average Bonchev–Trinajstić information content (AvgIpc) is 2.40. The molecular formula is C14H12F3NO. The van der Waals surface area contributed by atoms with Crippen molar-refractivity contribution in [1.29, 1.82) is 0 Å². The van der Waals surface area contributed by atoms with Crippen molar-refractivity contribution in [2.45, 2.75) is 6.04 Å². The predicted octanol–water partition coefficient (Wildman–Crippen LogP) is 3.25. The Morgan fingerprint density at radius 1 is 1.05 bits per heavy atom. The van der Waals surface area contributed by atoms with Crippen LogP contribution in [0.25, 0.3) is 0 Å². The number of anilines is 1. The van der Waals surface area contributed by atoms with Crippen molar-refractivity contribution in [3.05, 3.63) is 65.5 Å². The van der Waals surface area contributed by atoms with Crippen molar-refractivity contribution in [3.63, 3.8) is 0 Å². The zero-order valence-electron chi connectivity index (χ0n) is 9.91. The molecular weight excluding hydrogens is 255 g/mol. The first-order valence-electron chi connectivity index (χ1n) is 5.68. The molecule has 0 fully saturated rings. The SMILES string of the molecule is OCC(Nc1cccc(F)c1)c1cccc(F)c1F. The summed E-state index contributed by atoms with van der Waals surface area (Å²) in [6, 6.07) is 8.39. The van der Waals surface area contributed by atoms with Gasteiger partial charge in [0.25, 0.3) is 0 Å². The van der Waals surface area contributed by atoms with Crippen LogP contribution < -0.4 is 5.32 Å². The zero-order chi connectivity index (χ0) is 13.8. The lowest BCUT2D eigenvalue weighted by Gasteiger charge is -2.18. The van der Waals surface area contributed by atoms with E-state index in [-0.39, 0.29) is 5.56 Å². The highest BCUT2D eigenvalue weighted by Crippen LogP contribution is 2.23. The molecule has 0 saturated heterocycles. The molecule has 0 spiro atoms. The van der Waals surface area contributed by atoms with E-state index in [0.717, 1.165) is 6.07 Å². The largest absolute Gasteiger partial charge is 0.394 e. The van der Waals surface area contributed by atoms with Gasteiger partial charge < -0.3 is 10.4 Å². The zero-order valence-corrected chi connectivity index (χ0v) is 9.91. The summed E-state index contributed by atoms with van der Waals surface area (Å²) < 4.78 is 39.8. The first kappa shape index (κ1) is 13.4. The highest BCUT2D eigenvalue weighted by molar-refractivity contribution is 5.46. The number of rotatable bonds is 4. The van der Waals surface area contributed by atoms with E-state index in [9.17, 15) is 18.3 Å². The van der Waals surface area contributed by atoms with Crippen molar-refractivity contribution < 1.29 is 18.3 Å². The second-order valence-corrected chi connectivity index (χ2v) is 4.03. The number of halogens is 3. The molecule has 1 unspecified atom stereocenters. The van der Waals surface area contributed by atoms with E-state index >= 15 is 0 Å². The van der Waals surface area contributed by atoms with Crippen LogP contribution in [0.5, 0.6) is 0 Å². The van der Waals surface area contributed by atoms with Crippen LogP contribution in [0.4, 0.5) is 18.9 Å². The summed E-state index contributed by atoms with van der Waals surface area (Å²) in [7, 11) is 0. The Kier molecular flexibility index (Phi) is 4.06. The Hall–Kier alpha value is -2.01. The van der Waals surface area contributed by atoms with Crippen LogP contribution in [-0.4, -0.2) is 11.7 Å². The van der Waals surface area contributed by atoms with E-state index < -0.39 is 30.1 Å². The molecule has 0 aliphatic rings. The van der Waals surface area contributed by atoms with Gasteiger partial charge in [-0.05, 0) is 24.3 Å². The molecule has 2 nitrogen and oxygen atoms in total. The topological polar surface area (TPSA) is 32.3 Å². The Bertz CT molecular complexity index is 574. The Morgan fingerprint density at radius 3 is 2.47 bits per heavy atom. The lowest BCUT2D eigenvalue weighted by atomic mass is 10.1. The average molecular weight is 267 g/mol. The molecule has 100 valence electrons. The summed E-state index contributed by atoms with van der Waals surface area (Å²) in [5.41, 5.74) is 0.370. The van der Waals surface area contributed by atoms with Crippen LogP contribution in [-0.2, 0) is 0 Å². The monoisotopic (exact) mass is 267 g/mol. The van der Waals surface area contributed by atoms with Crippen molar-refractivity contribution in [2.75, 3.05) is 11.9 Å². The molecule has 0 aliphatic heterocycles. The Morgan fingerprint density at radius 2 is 1.79 bits per heavy atom. The fourth-order valence-electron chi connectivity index (χ4n) is 1.79. The van der Waals surface area contributed by atoms with Crippen molar-refractivity contribution >= 4 is 5.69 Å². The van der Waals surface area contributed by atoms with Gasteiger partial charge in [0.2, 0.25) is 0 Å². The van der Waals surface area contributed by atoms with Gasteiger partial charge in [-0.1, -0.05) is 18.2 Å². The van der Waals surface area contributed by atoms with Crippen molar-refractivity contribution in [2.24, 2.45) is 0 Å². The maximum absolute atomic E-state index is 13.6. The van der Waals surface area contributed by atoms with Gasteiger partial charge in [0.1, 0.15) is 5.82 Å². The van der Waals surface area contributed by atoms with Crippen molar-refractivity contribution in [1.82, 2.24) is 0 Å².